The van der Waals surface area contributed by atoms with Crippen LogP contribution in [0.2, 0.25) is 0 Å². The Bertz CT molecular complexity index is 652. The zero-order chi connectivity index (χ0) is 13.3. The van der Waals surface area contributed by atoms with Crippen molar-refractivity contribution in [2.45, 2.75) is 11.1 Å². The first kappa shape index (κ1) is 14.4. The second-order valence-corrected chi connectivity index (χ2v) is 8.66. The van der Waals surface area contributed by atoms with Gasteiger partial charge in [0.05, 0.1) is 5.75 Å². The fraction of sp³-hybridized carbons (Fsp3) is 0.571. The van der Waals surface area contributed by atoms with E-state index in [9.17, 15) is 21.6 Å². The smallest absolute Gasteiger partial charge is 0.305 e. The number of aromatic nitrogens is 1. The molecule has 0 aliphatic rings. The van der Waals surface area contributed by atoms with Crippen molar-refractivity contribution in [1.29, 1.82) is 0 Å². The van der Waals surface area contributed by atoms with E-state index in [0.717, 1.165) is 6.26 Å². The first-order valence-corrected chi connectivity index (χ1v) is 8.85. The Balaban J connectivity index is 2.84. The van der Waals surface area contributed by atoms with Crippen LogP contribution in [-0.4, -0.2) is 40.4 Å². The fourth-order valence-corrected chi connectivity index (χ4v) is 4.05. The van der Waals surface area contributed by atoms with E-state index in [1.54, 1.807) is 0 Å². The highest BCUT2D eigenvalue weighted by Gasteiger charge is 2.20. The summed E-state index contributed by atoms with van der Waals surface area (Å²) in [6.07, 6.45) is 1.02. The molecule has 1 aromatic heterocycles. The van der Waals surface area contributed by atoms with E-state index < -0.39 is 24.7 Å². The number of hydrogen-bond donors (Lipinski definition) is 2. The molecule has 98 valence electrons. The third kappa shape index (κ3) is 4.22. The molecule has 1 heterocycles. The van der Waals surface area contributed by atoms with E-state index in [2.05, 4.69) is 9.71 Å². The van der Waals surface area contributed by atoms with Crippen molar-refractivity contribution in [3.05, 3.63) is 15.4 Å². The molecule has 0 atom stereocenters. The molecular weight excluding hydrogens is 288 g/mol. The Labute approximate surface area is 103 Å². The molecule has 0 unspecified atom stereocenters. The summed E-state index contributed by atoms with van der Waals surface area (Å²) >= 11 is 0.568. The van der Waals surface area contributed by atoms with Crippen LogP contribution in [0.3, 0.4) is 0 Å². The summed E-state index contributed by atoms with van der Waals surface area (Å²) in [5, 5.41) is 0. The van der Waals surface area contributed by atoms with Crippen LogP contribution < -0.4 is 9.60 Å². The summed E-state index contributed by atoms with van der Waals surface area (Å²) in [6, 6.07) is 0. The molecule has 1 rings (SSSR count). The van der Waals surface area contributed by atoms with Gasteiger partial charge in [-0.2, -0.15) is 0 Å². The molecule has 0 saturated heterocycles. The van der Waals surface area contributed by atoms with E-state index in [4.69, 9.17) is 0 Å². The number of rotatable bonds is 5. The standard InChI is InChI=1S/C7H12N2O5S3/c1-5-6(15-7(10)9-5)17(13,14)8-3-4-16(2,11)12/h8H,3-4H2,1-2H3,(H,9,10). The largest absolute Gasteiger partial charge is 0.315 e. The van der Waals surface area contributed by atoms with Crippen molar-refractivity contribution in [2.24, 2.45) is 0 Å². The lowest BCUT2D eigenvalue weighted by atomic mass is 10.6. The van der Waals surface area contributed by atoms with Gasteiger partial charge in [-0.05, 0) is 6.92 Å². The number of aromatic amines is 1. The van der Waals surface area contributed by atoms with Crippen LogP contribution in [-0.2, 0) is 19.9 Å². The molecule has 0 bridgehead atoms. The van der Waals surface area contributed by atoms with Crippen molar-refractivity contribution in [3.63, 3.8) is 0 Å². The van der Waals surface area contributed by atoms with Gasteiger partial charge in [-0.15, -0.1) is 0 Å². The SMILES string of the molecule is Cc1[nH]c(=O)sc1S(=O)(=O)NCCS(C)(=O)=O. The van der Waals surface area contributed by atoms with Gasteiger partial charge in [-0.25, -0.2) is 21.6 Å². The second-order valence-electron chi connectivity index (χ2n) is 3.45. The number of sulfonamides is 1. The highest BCUT2D eigenvalue weighted by Crippen LogP contribution is 2.14. The minimum Gasteiger partial charge on any atom is -0.315 e. The van der Waals surface area contributed by atoms with E-state index in [0.29, 0.717) is 11.3 Å². The molecule has 0 aromatic carbocycles. The number of hydrogen-bond acceptors (Lipinski definition) is 6. The number of sulfone groups is 1. The quantitative estimate of drug-likeness (QED) is 0.729. The molecule has 10 heteroatoms. The Kier molecular flexibility index (Phi) is 4.12. The number of thiazole rings is 1. The molecule has 17 heavy (non-hydrogen) atoms. The van der Waals surface area contributed by atoms with Crippen LogP contribution in [0.15, 0.2) is 9.00 Å². The van der Waals surface area contributed by atoms with Crippen LogP contribution in [0.1, 0.15) is 5.69 Å². The van der Waals surface area contributed by atoms with Gasteiger partial charge in [0.15, 0.2) is 4.21 Å². The van der Waals surface area contributed by atoms with Gasteiger partial charge in [0.25, 0.3) is 10.0 Å². The molecule has 1 aromatic rings. The monoisotopic (exact) mass is 300 g/mol. The average Bonchev–Trinajstić information content (AvgIpc) is 2.43. The normalized spacial score (nSPS) is 12.8. The minimum atomic E-state index is -3.82. The van der Waals surface area contributed by atoms with Crippen LogP contribution in [0.4, 0.5) is 0 Å². The average molecular weight is 300 g/mol. The van der Waals surface area contributed by atoms with Gasteiger partial charge in [-0.3, -0.25) is 4.79 Å². The molecule has 0 saturated carbocycles. The number of aryl methyl sites for hydroxylation is 1. The van der Waals surface area contributed by atoms with Gasteiger partial charge >= 0.3 is 4.87 Å². The maximum absolute atomic E-state index is 11.7. The fourth-order valence-electron chi connectivity index (χ4n) is 1.07. The Morgan fingerprint density at radius 2 is 1.88 bits per heavy atom. The maximum Gasteiger partial charge on any atom is 0.305 e. The lowest BCUT2D eigenvalue weighted by Gasteiger charge is -2.04. The van der Waals surface area contributed by atoms with Gasteiger partial charge in [0, 0.05) is 18.5 Å². The van der Waals surface area contributed by atoms with Crippen molar-refractivity contribution >= 4 is 31.2 Å². The van der Waals surface area contributed by atoms with Crippen LogP contribution in [0.25, 0.3) is 0 Å². The summed E-state index contributed by atoms with van der Waals surface area (Å²) in [6.45, 7) is 1.25. The highest BCUT2D eigenvalue weighted by atomic mass is 32.2. The van der Waals surface area contributed by atoms with E-state index in [1.807, 2.05) is 0 Å². The predicted molar refractivity (Wildman–Crippen MR) is 64.6 cm³/mol. The predicted octanol–water partition coefficient (Wildman–Crippen LogP) is -0.932. The van der Waals surface area contributed by atoms with Crippen molar-refractivity contribution in [2.75, 3.05) is 18.6 Å². The highest BCUT2D eigenvalue weighted by molar-refractivity contribution is 7.92. The third-order valence-corrected chi connectivity index (χ3v) is 5.80. The number of nitrogens with one attached hydrogen (secondary N) is 2. The van der Waals surface area contributed by atoms with E-state index >= 15 is 0 Å². The van der Waals surface area contributed by atoms with Gasteiger partial charge in [-0.1, -0.05) is 11.3 Å². The summed E-state index contributed by atoms with van der Waals surface area (Å²) in [5.74, 6) is -0.287. The summed E-state index contributed by atoms with van der Waals surface area (Å²) in [4.78, 5) is 12.8. The molecular formula is C7H12N2O5S3. The van der Waals surface area contributed by atoms with Crippen LogP contribution in [0, 0.1) is 6.92 Å². The molecule has 7 nitrogen and oxygen atoms in total. The molecule has 0 fully saturated rings. The lowest BCUT2D eigenvalue weighted by molar-refractivity contribution is 0.583. The molecule has 0 aliphatic heterocycles. The number of H-pyrrole nitrogens is 1. The zero-order valence-electron chi connectivity index (χ0n) is 9.18. The molecule has 2 N–H and O–H groups in total. The Morgan fingerprint density at radius 3 is 2.29 bits per heavy atom. The van der Waals surface area contributed by atoms with Crippen molar-refractivity contribution < 1.29 is 16.8 Å². The summed E-state index contributed by atoms with van der Waals surface area (Å²) in [5.41, 5.74) is 0.242. The van der Waals surface area contributed by atoms with Gasteiger partial charge in [0.1, 0.15) is 9.84 Å². The summed E-state index contributed by atoms with van der Waals surface area (Å²) in [7, 11) is -7.05. The minimum absolute atomic E-state index is 0.115. The molecule has 0 radical (unpaired) electrons. The van der Waals surface area contributed by atoms with Gasteiger partial charge < -0.3 is 4.98 Å². The molecule has 0 amide bonds. The maximum atomic E-state index is 11.7. The Hall–Kier alpha value is -0.710. The molecule has 0 spiro atoms. The first-order chi connectivity index (χ1) is 7.62. The van der Waals surface area contributed by atoms with Crippen LogP contribution in [0.5, 0.6) is 0 Å². The van der Waals surface area contributed by atoms with Gasteiger partial charge in [0.2, 0.25) is 0 Å². The second kappa shape index (κ2) is 4.88. The molecule has 0 aliphatic carbocycles. The van der Waals surface area contributed by atoms with Crippen LogP contribution >= 0.6 is 11.3 Å². The zero-order valence-corrected chi connectivity index (χ0v) is 11.6. The van der Waals surface area contributed by atoms with Crippen molar-refractivity contribution in [1.82, 2.24) is 9.71 Å². The topological polar surface area (TPSA) is 113 Å². The van der Waals surface area contributed by atoms with Crippen molar-refractivity contribution in [3.8, 4) is 0 Å². The van der Waals surface area contributed by atoms with E-state index in [1.165, 1.54) is 6.92 Å². The Morgan fingerprint density at radius 1 is 1.29 bits per heavy atom. The lowest BCUT2D eigenvalue weighted by Crippen LogP contribution is -2.28. The third-order valence-electron chi connectivity index (χ3n) is 1.79. The van der Waals surface area contributed by atoms with E-state index in [-0.39, 0.29) is 22.2 Å². The summed E-state index contributed by atoms with van der Waals surface area (Å²) < 4.78 is 47.1. The first-order valence-electron chi connectivity index (χ1n) is 4.49.